The lowest BCUT2D eigenvalue weighted by Crippen LogP contribution is -2.37. The monoisotopic (exact) mass is 232 g/mol. The molecular formula is C11H10N3O3-. The maximum Gasteiger partial charge on any atom is 0.138 e. The van der Waals surface area contributed by atoms with Crippen molar-refractivity contribution in [3.05, 3.63) is 36.9 Å². The average molecular weight is 232 g/mol. The molecule has 0 saturated heterocycles. The molecular weight excluding hydrogens is 222 g/mol. The Hall–Kier alpha value is -2.37. The highest BCUT2D eigenvalue weighted by Crippen LogP contribution is 2.15. The first-order valence-electron chi connectivity index (χ1n) is 4.99. The number of hydrogen-bond donors (Lipinski definition) is 0. The third kappa shape index (κ3) is 2.60. The zero-order valence-corrected chi connectivity index (χ0v) is 9.11. The van der Waals surface area contributed by atoms with Crippen molar-refractivity contribution >= 4 is 5.97 Å². The van der Waals surface area contributed by atoms with Crippen LogP contribution in [0.5, 0.6) is 5.75 Å². The number of carboxylic acid groups (broad SMARTS) is 1. The fourth-order valence-electron chi connectivity index (χ4n) is 1.27. The van der Waals surface area contributed by atoms with Crippen molar-refractivity contribution in [2.75, 3.05) is 0 Å². The first-order chi connectivity index (χ1) is 8.16. The van der Waals surface area contributed by atoms with Crippen molar-refractivity contribution in [2.45, 2.75) is 13.0 Å². The highest BCUT2D eigenvalue weighted by atomic mass is 16.5. The molecule has 0 saturated carbocycles. The number of rotatable bonds is 4. The summed E-state index contributed by atoms with van der Waals surface area (Å²) in [4.78, 5) is 14.3. The second-order valence-electron chi connectivity index (χ2n) is 3.41. The molecule has 0 bridgehead atoms. The minimum absolute atomic E-state index is 0.463. The van der Waals surface area contributed by atoms with Gasteiger partial charge in [-0.15, -0.1) is 0 Å². The molecule has 17 heavy (non-hydrogen) atoms. The summed E-state index contributed by atoms with van der Waals surface area (Å²) in [7, 11) is 0. The Morgan fingerprint density at radius 1 is 1.41 bits per heavy atom. The van der Waals surface area contributed by atoms with Gasteiger partial charge in [0.15, 0.2) is 0 Å². The number of carbonyl (C=O) groups is 1. The third-order valence-electron chi connectivity index (χ3n) is 2.16. The van der Waals surface area contributed by atoms with Crippen molar-refractivity contribution in [3.63, 3.8) is 0 Å². The van der Waals surface area contributed by atoms with Crippen LogP contribution in [-0.4, -0.2) is 26.8 Å². The first-order valence-corrected chi connectivity index (χ1v) is 4.99. The predicted molar refractivity (Wildman–Crippen MR) is 56.5 cm³/mol. The molecule has 0 N–H and O–H groups in total. The molecule has 0 radical (unpaired) electrons. The largest absolute Gasteiger partial charge is 0.546 e. The molecule has 6 nitrogen and oxygen atoms in total. The van der Waals surface area contributed by atoms with Gasteiger partial charge in [-0.25, -0.2) is 9.67 Å². The fourth-order valence-corrected chi connectivity index (χ4v) is 1.27. The smallest absolute Gasteiger partial charge is 0.138 e. The zero-order chi connectivity index (χ0) is 12.3. The van der Waals surface area contributed by atoms with Crippen LogP contribution in [0, 0.1) is 0 Å². The van der Waals surface area contributed by atoms with Gasteiger partial charge in [0.2, 0.25) is 0 Å². The van der Waals surface area contributed by atoms with E-state index >= 15 is 0 Å². The van der Waals surface area contributed by atoms with Crippen LogP contribution < -0.4 is 9.84 Å². The van der Waals surface area contributed by atoms with Gasteiger partial charge in [0, 0.05) is 0 Å². The standard InChI is InChI=1S/C11H11N3O3/c1-8(11(15)16)17-10-4-2-9(3-5-10)14-7-12-6-13-14/h2-8H,1H3,(H,15,16)/p-1/t8-/m0/s1. The Kier molecular flexibility index (Phi) is 3.04. The molecule has 2 aromatic rings. The van der Waals surface area contributed by atoms with Crippen molar-refractivity contribution < 1.29 is 14.6 Å². The molecule has 88 valence electrons. The van der Waals surface area contributed by atoms with Gasteiger partial charge in [-0.05, 0) is 31.2 Å². The summed E-state index contributed by atoms with van der Waals surface area (Å²) in [5, 5.41) is 14.5. The number of hydrogen-bond acceptors (Lipinski definition) is 5. The molecule has 1 aromatic carbocycles. The molecule has 0 aliphatic carbocycles. The molecule has 0 fully saturated rings. The van der Waals surface area contributed by atoms with E-state index in [0.29, 0.717) is 5.75 Å². The number of aliphatic carboxylic acids is 1. The SMILES string of the molecule is C[C@H](Oc1ccc(-n2cncn2)cc1)C(=O)[O-]. The number of carbonyl (C=O) groups excluding carboxylic acids is 1. The summed E-state index contributed by atoms with van der Waals surface area (Å²) < 4.78 is 6.73. The van der Waals surface area contributed by atoms with Gasteiger partial charge in [-0.3, -0.25) is 0 Å². The second kappa shape index (κ2) is 4.65. The van der Waals surface area contributed by atoms with Crippen LogP contribution in [0.25, 0.3) is 5.69 Å². The van der Waals surface area contributed by atoms with Crippen LogP contribution in [0.15, 0.2) is 36.9 Å². The lowest BCUT2D eigenvalue weighted by molar-refractivity contribution is -0.312. The first kappa shape index (κ1) is 11.1. The van der Waals surface area contributed by atoms with Gasteiger partial charge in [0.25, 0.3) is 0 Å². The molecule has 1 aromatic heterocycles. The molecule has 1 atom stereocenters. The van der Waals surface area contributed by atoms with Crippen molar-refractivity contribution in [3.8, 4) is 11.4 Å². The molecule has 0 aliphatic heterocycles. The zero-order valence-electron chi connectivity index (χ0n) is 9.11. The number of ether oxygens (including phenoxy) is 1. The Bertz CT molecular complexity index is 493. The topological polar surface area (TPSA) is 80.1 Å². The van der Waals surface area contributed by atoms with Gasteiger partial charge >= 0.3 is 0 Å². The Labute approximate surface area is 97.5 Å². The fraction of sp³-hybridized carbons (Fsp3) is 0.182. The predicted octanol–water partition coefficient (Wildman–Crippen LogP) is -0.216. The van der Waals surface area contributed by atoms with E-state index in [2.05, 4.69) is 10.1 Å². The summed E-state index contributed by atoms with van der Waals surface area (Å²) >= 11 is 0. The quantitative estimate of drug-likeness (QED) is 0.728. The Morgan fingerprint density at radius 2 is 2.12 bits per heavy atom. The van der Waals surface area contributed by atoms with Crippen LogP contribution >= 0.6 is 0 Å². The molecule has 6 heteroatoms. The number of aromatic nitrogens is 3. The van der Waals surface area contributed by atoms with E-state index in [1.165, 1.54) is 13.3 Å². The van der Waals surface area contributed by atoms with Crippen LogP contribution in [-0.2, 0) is 4.79 Å². The van der Waals surface area contributed by atoms with Gasteiger partial charge in [0.1, 0.15) is 24.5 Å². The highest BCUT2D eigenvalue weighted by Gasteiger charge is 2.04. The summed E-state index contributed by atoms with van der Waals surface area (Å²) in [6.07, 6.45) is 2.02. The summed E-state index contributed by atoms with van der Waals surface area (Å²) in [5.41, 5.74) is 0.816. The van der Waals surface area contributed by atoms with E-state index in [-0.39, 0.29) is 0 Å². The number of nitrogens with zero attached hydrogens (tertiary/aromatic N) is 3. The molecule has 0 amide bonds. The maximum atomic E-state index is 10.5. The van der Waals surface area contributed by atoms with E-state index in [4.69, 9.17) is 4.74 Å². The molecule has 2 rings (SSSR count). The Balaban J connectivity index is 2.11. The molecule has 0 unspecified atom stereocenters. The van der Waals surface area contributed by atoms with E-state index in [9.17, 15) is 9.90 Å². The molecule has 1 heterocycles. The van der Waals surface area contributed by atoms with Crippen molar-refractivity contribution in [1.82, 2.24) is 14.8 Å². The van der Waals surface area contributed by atoms with Crippen molar-refractivity contribution in [1.29, 1.82) is 0 Å². The lowest BCUT2D eigenvalue weighted by Gasteiger charge is -2.15. The van der Waals surface area contributed by atoms with Gasteiger partial charge in [-0.2, -0.15) is 5.10 Å². The Morgan fingerprint density at radius 3 is 2.65 bits per heavy atom. The minimum Gasteiger partial charge on any atom is -0.546 e. The summed E-state index contributed by atoms with van der Waals surface area (Å²) in [5.74, 6) is -0.782. The van der Waals surface area contributed by atoms with Crippen molar-refractivity contribution in [2.24, 2.45) is 0 Å². The minimum atomic E-state index is -1.25. The number of benzene rings is 1. The normalized spacial score (nSPS) is 12.1. The van der Waals surface area contributed by atoms with E-state index in [0.717, 1.165) is 5.69 Å². The van der Waals surface area contributed by atoms with Gasteiger partial charge in [0.05, 0.1) is 11.7 Å². The third-order valence-corrected chi connectivity index (χ3v) is 2.16. The molecule has 0 aliphatic rings. The lowest BCUT2D eigenvalue weighted by atomic mass is 10.3. The van der Waals surface area contributed by atoms with E-state index in [1.807, 2.05) is 0 Å². The van der Waals surface area contributed by atoms with E-state index in [1.54, 1.807) is 35.3 Å². The van der Waals surface area contributed by atoms with Crippen LogP contribution in [0.1, 0.15) is 6.92 Å². The number of carboxylic acids is 1. The van der Waals surface area contributed by atoms with Crippen LogP contribution in [0.2, 0.25) is 0 Å². The van der Waals surface area contributed by atoms with Gasteiger partial charge in [-0.1, -0.05) is 0 Å². The van der Waals surface area contributed by atoms with Gasteiger partial charge < -0.3 is 14.6 Å². The summed E-state index contributed by atoms with van der Waals surface area (Å²) in [6.45, 7) is 1.42. The summed E-state index contributed by atoms with van der Waals surface area (Å²) in [6, 6.07) is 6.84. The highest BCUT2D eigenvalue weighted by molar-refractivity contribution is 5.69. The van der Waals surface area contributed by atoms with E-state index < -0.39 is 12.1 Å². The molecule has 0 spiro atoms. The second-order valence-corrected chi connectivity index (χ2v) is 3.41. The maximum absolute atomic E-state index is 10.5. The van der Waals surface area contributed by atoms with Crippen LogP contribution in [0.3, 0.4) is 0 Å². The van der Waals surface area contributed by atoms with Crippen LogP contribution in [0.4, 0.5) is 0 Å². The average Bonchev–Trinajstić information content (AvgIpc) is 2.83.